The lowest BCUT2D eigenvalue weighted by Gasteiger charge is -2.23. The summed E-state index contributed by atoms with van der Waals surface area (Å²) in [6.07, 6.45) is 0. The van der Waals surface area contributed by atoms with Crippen molar-refractivity contribution in [3.05, 3.63) is 64.7 Å². The van der Waals surface area contributed by atoms with Crippen LogP contribution in [-0.2, 0) is 4.74 Å². The maximum atomic E-state index is 12.8. The minimum atomic E-state index is -0.439. The minimum Gasteiger partial charge on any atom is -0.462 e. The molecule has 2 rings (SSSR count). The highest BCUT2D eigenvalue weighted by Crippen LogP contribution is 2.23. The first kappa shape index (κ1) is 17.0. The van der Waals surface area contributed by atoms with Crippen LogP contribution in [0.2, 0.25) is 5.02 Å². The maximum absolute atomic E-state index is 12.8. The summed E-state index contributed by atoms with van der Waals surface area (Å²) in [5.41, 5.74) is 1.42. The van der Waals surface area contributed by atoms with E-state index in [0.717, 1.165) is 0 Å². The van der Waals surface area contributed by atoms with Crippen LogP contribution in [0.5, 0.6) is 0 Å². The van der Waals surface area contributed by atoms with Crippen LogP contribution in [0, 0.1) is 0 Å². The van der Waals surface area contributed by atoms with Gasteiger partial charge in [0, 0.05) is 17.1 Å². The predicted octanol–water partition coefficient (Wildman–Crippen LogP) is 4.18. The molecule has 0 fully saturated rings. The quantitative estimate of drug-likeness (QED) is 0.772. The summed E-state index contributed by atoms with van der Waals surface area (Å²) in [6.45, 7) is 4.31. The Balaban J connectivity index is 2.39. The Hall–Kier alpha value is -2.33. The highest BCUT2D eigenvalue weighted by atomic mass is 35.5. The van der Waals surface area contributed by atoms with Crippen molar-refractivity contribution in [2.75, 3.05) is 18.1 Å². The van der Waals surface area contributed by atoms with Gasteiger partial charge in [0.25, 0.3) is 5.91 Å². The van der Waals surface area contributed by atoms with Crippen molar-refractivity contribution >= 4 is 29.2 Å². The van der Waals surface area contributed by atoms with Gasteiger partial charge in [0.15, 0.2) is 0 Å². The van der Waals surface area contributed by atoms with Crippen LogP contribution in [0.15, 0.2) is 48.5 Å². The third-order valence-electron chi connectivity index (χ3n) is 3.34. The molecule has 0 saturated carbocycles. The lowest BCUT2D eigenvalue weighted by atomic mass is 10.1. The fourth-order valence-corrected chi connectivity index (χ4v) is 2.39. The number of hydrogen-bond acceptors (Lipinski definition) is 3. The molecule has 0 aliphatic carbocycles. The van der Waals surface area contributed by atoms with Crippen LogP contribution in [0.1, 0.15) is 34.6 Å². The summed E-state index contributed by atoms with van der Waals surface area (Å²) in [6, 6.07) is 13.6. The molecule has 0 spiro atoms. The second-order valence-corrected chi connectivity index (χ2v) is 5.23. The van der Waals surface area contributed by atoms with Crippen LogP contribution in [0.25, 0.3) is 0 Å². The number of ether oxygens (including phenoxy) is 1. The molecule has 0 atom stereocenters. The molecule has 4 nitrogen and oxygen atoms in total. The Kier molecular flexibility index (Phi) is 5.77. The first-order chi connectivity index (χ1) is 11.1. The Labute approximate surface area is 140 Å². The standard InChI is InChI=1S/C18H18ClNO3/c1-3-20(17(21)13-9-11-14(19)12-10-13)16-8-6-5-7-15(16)18(22)23-4-2/h5-12H,3-4H2,1-2H3. The summed E-state index contributed by atoms with van der Waals surface area (Å²) in [5, 5.41) is 0.566. The highest BCUT2D eigenvalue weighted by Gasteiger charge is 2.22. The average molecular weight is 332 g/mol. The molecule has 0 aliphatic heterocycles. The number of hydrogen-bond donors (Lipinski definition) is 0. The van der Waals surface area contributed by atoms with E-state index in [1.54, 1.807) is 60.4 Å². The molecular weight excluding hydrogens is 314 g/mol. The summed E-state index contributed by atoms with van der Waals surface area (Å²) in [4.78, 5) is 26.4. The number of carbonyl (C=O) groups excluding carboxylic acids is 2. The van der Waals surface area contributed by atoms with Crippen molar-refractivity contribution in [3.8, 4) is 0 Å². The minimum absolute atomic E-state index is 0.194. The number of amides is 1. The first-order valence-corrected chi connectivity index (χ1v) is 7.79. The Morgan fingerprint density at radius 1 is 1.04 bits per heavy atom. The van der Waals surface area contributed by atoms with Gasteiger partial charge in [0.05, 0.1) is 17.9 Å². The van der Waals surface area contributed by atoms with E-state index in [-0.39, 0.29) is 12.5 Å². The van der Waals surface area contributed by atoms with E-state index >= 15 is 0 Å². The second-order valence-electron chi connectivity index (χ2n) is 4.79. The molecular formula is C18H18ClNO3. The zero-order valence-corrected chi connectivity index (χ0v) is 13.8. The van der Waals surface area contributed by atoms with Gasteiger partial charge in [-0.15, -0.1) is 0 Å². The third kappa shape index (κ3) is 3.90. The molecule has 0 heterocycles. The molecule has 0 radical (unpaired) electrons. The average Bonchev–Trinajstić information content (AvgIpc) is 2.56. The second kappa shape index (κ2) is 7.79. The summed E-state index contributed by atoms with van der Waals surface area (Å²) in [7, 11) is 0. The van der Waals surface area contributed by atoms with Crippen molar-refractivity contribution in [1.82, 2.24) is 0 Å². The van der Waals surface area contributed by atoms with Crippen molar-refractivity contribution in [2.45, 2.75) is 13.8 Å². The Bertz CT molecular complexity index is 698. The van der Waals surface area contributed by atoms with Crippen molar-refractivity contribution < 1.29 is 14.3 Å². The van der Waals surface area contributed by atoms with Crippen LogP contribution < -0.4 is 4.90 Å². The molecule has 0 bridgehead atoms. The van der Waals surface area contributed by atoms with Gasteiger partial charge in [0.1, 0.15) is 0 Å². The Morgan fingerprint density at radius 3 is 2.30 bits per heavy atom. The Morgan fingerprint density at radius 2 is 1.70 bits per heavy atom. The highest BCUT2D eigenvalue weighted by molar-refractivity contribution is 6.30. The first-order valence-electron chi connectivity index (χ1n) is 7.42. The van der Waals surface area contributed by atoms with Crippen molar-refractivity contribution in [3.63, 3.8) is 0 Å². The SMILES string of the molecule is CCOC(=O)c1ccccc1N(CC)C(=O)c1ccc(Cl)cc1. The number of para-hydroxylation sites is 1. The molecule has 1 amide bonds. The molecule has 0 N–H and O–H groups in total. The summed E-state index contributed by atoms with van der Waals surface area (Å²) < 4.78 is 5.07. The van der Waals surface area contributed by atoms with E-state index in [0.29, 0.717) is 28.4 Å². The van der Waals surface area contributed by atoms with Gasteiger partial charge in [0.2, 0.25) is 0 Å². The maximum Gasteiger partial charge on any atom is 0.340 e. The van der Waals surface area contributed by atoms with Crippen LogP contribution >= 0.6 is 11.6 Å². The molecule has 120 valence electrons. The number of nitrogens with zero attached hydrogens (tertiary/aromatic N) is 1. The third-order valence-corrected chi connectivity index (χ3v) is 3.59. The number of benzene rings is 2. The smallest absolute Gasteiger partial charge is 0.340 e. The van der Waals surface area contributed by atoms with E-state index in [4.69, 9.17) is 16.3 Å². The molecule has 2 aromatic rings. The number of anilines is 1. The van der Waals surface area contributed by atoms with E-state index in [1.807, 2.05) is 6.92 Å². The van der Waals surface area contributed by atoms with Crippen LogP contribution in [0.4, 0.5) is 5.69 Å². The summed E-state index contributed by atoms with van der Waals surface area (Å²) in [5.74, 6) is -0.633. The number of halogens is 1. The summed E-state index contributed by atoms with van der Waals surface area (Å²) >= 11 is 5.86. The van der Waals surface area contributed by atoms with Crippen molar-refractivity contribution in [2.24, 2.45) is 0 Å². The van der Waals surface area contributed by atoms with E-state index < -0.39 is 5.97 Å². The number of carbonyl (C=O) groups is 2. The number of rotatable bonds is 5. The molecule has 0 saturated heterocycles. The number of esters is 1. The van der Waals surface area contributed by atoms with Gasteiger partial charge >= 0.3 is 5.97 Å². The molecule has 2 aromatic carbocycles. The molecule has 5 heteroatoms. The lowest BCUT2D eigenvalue weighted by Crippen LogP contribution is -2.32. The van der Waals surface area contributed by atoms with Gasteiger partial charge in [-0.1, -0.05) is 23.7 Å². The van der Waals surface area contributed by atoms with Crippen LogP contribution in [0.3, 0.4) is 0 Å². The fourth-order valence-electron chi connectivity index (χ4n) is 2.26. The largest absolute Gasteiger partial charge is 0.462 e. The molecule has 0 aromatic heterocycles. The zero-order chi connectivity index (χ0) is 16.8. The fraction of sp³-hybridized carbons (Fsp3) is 0.222. The zero-order valence-electron chi connectivity index (χ0n) is 13.1. The lowest BCUT2D eigenvalue weighted by molar-refractivity contribution is 0.0527. The topological polar surface area (TPSA) is 46.6 Å². The normalized spacial score (nSPS) is 10.2. The van der Waals surface area contributed by atoms with Gasteiger partial charge < -0.3 is 9.64 Å². The van der Waals surface area contributed by atoms with Gasteiger partial charge in [-0.25, -0.2) is 4.79 Å². The van der Waals surface area contributed by atoms with E-state index in [9.17, 15) is 9.59 Å². The van der Waals surface area contributed by atoms with Gasteiger partial charge in [-0.3, -0.25) is 4.79 Å². The monoisotopic (exact) mass is 331 g/mol. The van der Waals surface area contributed by atoms with Crippen molar-refractivity contribution in [1.29, 1.82) is 0 Å². The van der Waals surface area contributed by atoms with Gasteiger partial charge in [-0.2, -0.15) is 0 Å². The predicted molar refractivity (Wildman–Crippen MR) is 91.2 cm³/mol. The van der Waals surface area contributed by atoms with E-state index in [1.165, 1.54) is 0 Å². The molecule has 0 unspecified atom stereocenters. The molecule has 0 aliphatic rings. The molecule has 23 heavy (non-hydrogen) atoms. The van der Waals surface area contributed by atoms with E-state index in [2.05, 4.69) is 0 Å². The van der Waals surface area contributed by atoms with Gasteiger partial charge in [-0.05, 0) is 50.2 Å². The van der Waals surface area contributed by atoms with Crippen LogP contribution in [-0.4, -0.2) is 25.0 Å².